The van der Waals surface area contributed by atoms with Crippen LogP contribution >= 0.6 is 0 Å². The summed E-state index contributed by atoms with van der Waals surface area (Å²) in [6, 6.07) is 9.78. The standard InChI is InChI=1S/C17H14N4O3S/c1-3-14(22)19-12-5-4-6-13(9-12)21-15(23)8-7-11-10-18-17(25(2)24)20-16(11)21/h3-10H,1H2,2H3,(H,19,22). The van der Waals surface area contributed by atoms with Crippen LogP contribution in [0.15, 0.2) is 65.2 Å². The summed E-state index contributed by atoms with van der Waals surface area (Å²) < 4.78 is 13.1. The van der Waals surface area contributed by atoms with Crippen LogP contribution in [0.2, 0.25) is 0 Å². The molecule has 2 aromatic heterocycles. The van der Waals surface area contributed by atoms with Gasteiger partial charge in [0.05, 0.1) is 16.5 Å². The minimum Gasteiger partial charge on any atom is -0.322 e. The third-order valence-electron chi connectivity index (χ3n) is 3.43. The van der Waals surface area contributed by atoms with Crippen molar-refractivity contribution in [2.24, 2.45) is 0 Å². The molecule has 1 aromatic carbocycles. The fourth-order valence-corrected chi connectivity index (χ4v) is 2.72. The van der Waals surface area contributed by atoms with E-state index >= 15 is 0 Å². The minimum absolute atomic E-state index is 0.142. The number of benzene rings is 1. The van der Waals surface area contributed by atoms with Gasteiger partial charge in [0.15, 0.2) is 5.65 Å². The summed E-state index contributed by atoms with van der Waals surface area (Å²) in [7, 11) is -1.38. The van der Waals surface area contributed by atoms with Gasteiger partial charge in [0.1, 0.15) is 0 Å². The third-order valence-corrected chi connectivity index (χ3v) is 4.14. The number of pyridine rings is 1. The summed E-state index contributed by atoms with van der Waals surface area (Å²) >= 11 is 0. The lowest BCUT2D eigenvalue weighted by atomic mass is 10.2. The first-order chi connectivity index (χ1) is 12.0. The molecule has 0 aliphatic heterocycles. The maximum absolute atomic E-state index is 12.4. The lowest BCUT2D eigenvalue weighted by molar-refractivity contribution is -0.111. The quantitative estimate of drug-likeness (QED) is 0.568. The zero-order chi connectivity index (χ0) is 18.0. The number of fused-ring (bicyclic) bond motifs is 1. The lowest BCUT2D eigenvalue weighted by Crippen LogP contribution is -2.19. The van der Waals surface area contributed by atoms with E-state index in [0.717, 1.165) is 6.08 Å². The van der Waals surface area contributed by atoms with Crippen molar-refractivity contribution in [3.63, 3.8) is 0 Å². The van der Waals surface area contributed by atoms with E-state index < -0.39 is 10.8 Å². The molecule has 0 aliphatic carbocycles. The van der Waals surface area contributed by atoms with Gasteiger partial charge in [-0.1, -0.05) is 12.6 Å². The number of nitrogens with one attached hydrogen (secondary N) is 1. The maximum atomic E-state index is 12.4. The van der Waals surface area contributed by atoms with E-state index in [4.69, 9.17) is 0 Å². The van der Waals surface area contributed by atoms with Crippen LogP contribution in [0.4, 0.5) is 5.69 Å². The van der Waals surface area contributed by atoms with Crippen molar-refractivity contribution in [3.05, 3.63) is 65.6 Å². The Morgan fingerprint density at radius 2 is 2.12 bits per heavy atom. The smallest absolute Gasteiger partial charge is 0.256 e. The van der Waals surface area contributed by atoms with Crippen molar-refractivity contribution in [2.75, 3.05) is 11.6 Å². The van der Waals surface area contributed by atoms with Crippen molar-refractivity contribution in [1.82, 2.24) is 14.5 Å². The molecule has 8 heteroatoms. The van der Waals surface area contributed by atoms with Crippen LogP contribution < -0.4 is 10.9 Å². The van der Waals surface area contributed by atoms with Gasteiger partial charge in [-0.25, -0.2) is 9.97 Å². The van der Waals surface area contributed by atoms with E-state index in [1.54, 1.807) is 30.3 Å². The van der Waals surface area contributed by atoms with Crippen molar-refractivity contribution in [3.8, 4) is 5.69 Å². The Kier molecular flexibility index (Phi) is 4.53. The monoisotopic (exact) mass is 354 g/mol. The average Bonchev–Trinajstić information content (AvgIpc) is 2.61. The molecule has 2 heterocycles. The Hall–Kier alpha value is -3.13. The first kappa shape index (κ1) is 16.7. The van der Waals surface area contributed by atoms with Gasteiger partial charge in [-0.2, -0.15) is 0 Å². The van der Waals surface area contributed by atoms with Gasteiger partial charge in [-0.05, 0) is 30.3 Å². The molecule has 1 amide bonds. The second-order valence-corrected chi connectivity index (χ2v) is 6.41. The normalized spacial score (nSPS) is 11.9. The highest BCUT2D eigenvalue weighted by molar-refractivity contribution is 7.84. The van der Waals surface area contributed by atoms with Gasteiger partial charge in [-0.3, -0.25) is 18.4 Å². The van der Waals surface area contributed by atoms with E-state index in [2.05, 4.69) is 21.9 Å². The number of amides is 1. The largest absolute Gasteiger partial charge is 0.322 e. The van der Waals surface area contributed by atoms with Crippen molar-refractivity contribution >= 4 is 33.4 Å². The zero-order valence-electron chi connectivity index (χ0n) is 13.3. The summed E-state index contributed by atoms with van der Waals surface area (Å²) in [6.07, 6.45) is 4.16. The highest BCUT2D eigenvalue weighted by Crippen LogP contribution is 2.18. The number of anilines is 1. The highest BCUT2D eigenvalue weighted by atomic mass is 32.2. The van der Waals surface area contributed by atoms with Crippen molar-refractivity contribution in [2.45, 2.75) is 5.16 Å². The number of nitrogens with zero attached hydrogens (tertiary/aromatic N) is 3. The second kappa shape index (κ2) is 6.78. The molecule has 0 fully saturated rings. The molecule has 0 saturated heterocycles. The van der Waals surface area contributed by atoms with Gasteiger partial charge in [0.2, 0.25) is 11.1 Å². The van der Waals surface area contributed by atoms with Crippen LogP contribution in [0, 0.1) is 0 Å². The molecule has 3 aromatic rings. The van der Waals surface area contributed by atoms with Crippen LogP contribution in [0.1, 0.15) is 0 Å². The zero-order valence-corrected chi connectivity index (χ0v) is 14.1. The fourth-order valence-electron chi connectivity index (χ4n) is 2.31. The van der Waals surface area contributed by atoms with Gasteiger partial charge >= 0.3 is 0 Å². The van der Waals surface area contributed by atoms with Gasteiger partial charge < -0.3 is 5.32 Å². The number of carbonyl (C=O) groups excluding carboxylic acids is 1. The predicted molar refractivity (Wildman–Crippen MR) is 96.3 cm³/mol. The molecule has 7 nitrogen and oxygen atoms in total. The van der Waals surface area contributed by atoms with Crippen LogP contribution in [0.3, 0.4) is 0 Å². The van der Waals surface area contributed by atoms with Crippen LogP contribution in [-0.4, -0.2) is 30.9 Å². The van der Waals surface area contributed by atoms with Gasteiger partial charge in [0, 0.05) is 29.6 Å². The Balaban J connectivity index is 2.22. The summed E-state index contributed by atoms with van der Waals surface area (Å²) in [5, 5.41) is 3.42. The molecule has 126 valence electrons. The minimum atomic E-state index is -1.38. The van der Waals surface area contributed by atoms with E-state index in [0.29, 0.717) is 22.4 Å². The van der Waals surface area contributed by atoms with E-state index in [1.807, 2.05) is 0 Å². The van der Waals surface area contributed by atoms with Gasteiger partial charge in [-0.15, -0.1) is 0 Å². The first-order valence-corrected chi connectivity index (χ1v) is 8.81. The summed E-state index contributed by atoms with van der Waals surface area (Å²) in [6.45, 7) is 3.41. The third kappa shape index (κ3) is 3.38. The number of rotatable bonds is 4. The Morgan fingerprint density at radius 1 is 1.32 bits per heavy atom. The molecule has 3 rings (SSSR count). The van der Waals surface area contributed by atoms with Crippen molar-refractivity contribution in [1.29, 1.82) is 0 Å². The molecule has 1 unspecified atom stereocenters. The summed E-state index contributed by atoms with van der Waals surface area (Å²) in [4.78, 5) is 32.2. The lowest BCUT2D eigenvalue weighted by Gasteiger charge is -2.11. The fraction of sp³-hybridized carbons (Fsp3) is 0.0588. The Bertz CT molecular complexity index is 1070. The molecule has 0 saturated carbocycles. The molecular formula is C17H14N4O3S. The number of hydrogen-bond donors (Lipinski definition) is 1. The molecule has 1 N–H and O–H groups in total. The molecule has 0 bridgehead atoms. The SMILES string of the molecule is C=CC(=O)Nc1cccc(-n2c(=O)ccc3cnc(S(C)=O)nc32)c1. The number of aromatic nitrogens is 3. The number of carbonyl (C=O) groups is 1. The molecule has 0 radical (unpaired) electrons. The molecule has 0 aliphatic rings. The van der Waals surface area contributed by atoms with Crippen molar-refractivity contribution < 1.29 is 9.00 Å². The molecule has 25 heavy (non-hydrogen) atoms. The van der Waals surface area contributed by atoms with E-state index in [-0.39, 0.29) is 16.6 Å². The maximum Gasteiger partial charge on any atom is 0.256 e. The summed E-state index contributed by atoms with van der Waals surface area (Å²) in [5.41, 5.74) is 1.08. The molecule has 1 atom stereocenters. The average molecular weight is 354 g/mol. The molecular weight excluding hydrogens is 340 g/mol. The highest BCUT2D eigenvalue weighted by Gasteiger charge is 2.11. The second-order valence-electron chi connectivity index (χ2n) is 5.14. The van der Waals surface area contributed by atoms with Gasteiger partial charge in [0.25, 0.3) is 5.56 Å². The van der Waals surface area contributed by atoms with Crippen LogP contribution in [-0.2, 0) is 15.6 Å². The first-order valence-electron chi connectivity index (χ1n) is 7.25. The predicted octanol–water partition coefficient (Wildman–Crippen LogP) is 1.64. The van der Waals surface area contributed by atoms with Crippen LogP contribution in [0.5, 0.6) is 0 Å². The summed E-state index contributed by atoms with van der Waals surface area (Å²) in [5.74, 6) is -0.353. The Morgan fingerprint density at radius 3 is 2.84 bits per heavy atom. The van der Waals surface area contributed by atoms with E-state index in [1.165, 1.54) is 23.1 Å². The number of hydrogen-bond acceptors (Lipinski definition) is 5. The van der Waals surface area contributed by atoms with E-state index in [9.17, 15) is 13.8 Å². The topological polar surface area (TPSA) is 94.0 Å². The Labute approximate surface area is 145 Å². The van der Waals surface area contributed by atoms with Crippen LogP contribution in [0.25, 0.3) is 16.7 Å². The molecule has 0 spiro atoms.